The zero-order chi connectivity index (χ0) is 12.8. The van der Waals surface area contributed by atoms with Crippen LogP contribution in [0.1, 0.15) is 18.1 Å². The standard InChI is InChI=1S/C14H18N2O/c1-11-4-6-13(7-5-11)8-14(17)16(3)10-12(2)9-15/h4-7,12H,8,10H2,1-3H3. The Morgan fingerprint density at radius 2 is 2.00 bits per heavy atom. The van der Waals surface area contributed by atoms with E-state index in [1.54, 1.807) is 11.9 Å². The molecule has 0 radical (unpaired) electrons. The second kappa shape index (κ2) is 6.05. The molecule has 0 aliphatic heterocycles. The van der Waals surface area contributed by atoms with Crippen molar-refractivity contribution in [1.29, 1.82) is 5.26 Å². The minimum absolute atomic E-state index is 0.0518. The average molecular weight is 230 g/mol. The number of nitrogens with zero attached hydrogens (tertiary/aromatic N) is 2. The van der Waals surface area contributed by atoms with Crippen LogP contribution < -0.4 is 0 Å². The highest BCUT2D eigenvalue weighted by atomic mass is 16.2. The van der Waals surface area contributed by atoms with Gasteiger partial charge < -0.3 is 4.90 Å². The summed E-state index contributed by atoms with van der Waals surface area (Å²) in [5.41, 5.74) is 2.20. The molecular formula is C14H18N2O. The molecule has 90 valence electrons. The highest BCUT2D eigenvalue weighted by molar-refractivity contribution is 5.78. The molecule has 1 aromatic rings. The number of carbonyl (C=O) groups is 1. The molecule has 1 rings (SSSR count). The third kappa shape index (κ3) is 4.28. The second-order valence-electron chi connectivity index (χ2n) is 4.47. The van der Waals surface area contributed by atoms with Crippen LogP contribution in [0.3, 0.4) is 0 Å². The number of benzene rings is 1. The first kappa shape index (κ1) is 13.2. The molecule has 0 saturated carbocycles. The number of nitriles is 1. The van der Waals surface area contributed by atoms with Crippen molar-refractivity contribution in [3.05, 3.63) is 35.4 Å². The molecule has 0 N–H and O–H groups in total. The summed E-state index contributed by atoms with van der Waals surface area (Å²) < 4.78 is 0. The van der Waals surface area contributed by atoms with Crippen molar-refractivity contribution in [2.75, 3.05) is 13.6 Å². The summed E-state index contributed by atoms with van der Waals surface area (Å²) in [6.07, 6.45) is 0.398. The molecule has 1 amide bonds. The van der Waals surface area contributed by atoms with E-state index in [2.05, 4.69) is 6.07 Å². The van der Waals surface area contributed by atoms with Crippen LogP contribution >= 0.6 is 0 Å². The molecule has 1 atom stereocenters. The molecule has 3 heteroatoms. The van der Waals surface area contributed by atoms with E-state index >= 15 is 0 Å². The first-order valence-corrected chi connectivity index (χ1v) is 5.72. The Labute approximate surface area is 103 Å². The summed E-state index contributed by atoms with van der Waals surface area (Å²) in [7, 11) is 1.74. The van der Waals surface area contributed by atoms with Crippen molar-refractivity contribution in [3.63, 3.8) is 0 Å². The van der Waals surface area contributed by atoms with Crippen LogP contribution in [0.5, 0.6) is 0 Å². The minimum Gasteiger partial charge on any atom is -0.344 e. The molecule has 0 saturated heterocycles. The van der Waals surface area contributed by atoms with Gasteiger partial charge in [-0.1, -0.05) is 29.8 Å². The number of carbonyl (C=O) groups excluding carboxylic acids is 1. The lowest BCUT2D eigenvalue weighted by Crippen LogP contribution is -2.31. The lowest BCUT2D eigenvalue weighted by molar-refractivity contribution is -0.129. The maximum absolute atomic E-state index is 11.9. The minimum atomic E-state index is -0.123. The van der Waals surface area contributed by atoms with Gasteiger partial charge in [-0.2, -0.15) is 5.26 Å². The fraction of sp³-hybridized carbons (Fsp3) is 0.429. The van der Waals surface area contributed by atoms with Crippen LogP contribution in [0.2, 0.25) is 0 Å². The number of amides is 1. The van der Waals surface area contributed by atoms with Crippen molar-refractivity contribution in [2.24, 2.45) is 5.92 Å². The zero-order valence-corrected chi connectivity index (χ0v) is 10.6. The molecule has 17 heavy (non-hydrogen) atoms. The van der Waals surface area contributed by atoms with E-state index in [-0.39, 0.29) is 11.8 Å². The van der Waals surface area contributed by atoms with E-state index in [4.69, 9.17) is 5.26 Å². The van der Waals surface area contributed by atoms with Crippen LogP contribution in [0.4, 0.5) is 0 Å². The van der Waals surface area contributed by atoms with Crippen LogP contribution in [-0.2, 0) is 11.2 Å². The topological polar surface area (TPSA) is 44.1 Å². The third-order valence-corrected chi connectivity index (χ3v) is 2.67. The lowest BCUT2D eigenvalue weighted by Gasteiger charge is -2.18. The van der Waals surface area contributed by atoms with Crippen LogP contribution in [0.15, 0.2) is 24.3 Å². The monoisotopic (exact) mass is 230 g/mol. The van der Waals surface area contributed by atoms with E-state index in [0.717, 1.165) is 5.56 Å². The summed E-state index contributed by atoms with van der Waals surface area (Å²) >= 11 is 0. The average Bonchev–Trinajstić information content (AvgIpc) is 2.31. The molecule has 0 spiro atoms. The van der Waals surface area contributed by atoms with E-state index in [0.29, 0.717) is 13.0 Å². The van der Waals surface area contributed by atoms with Crippen molar-refractivity contribution < 1.29 is 4.79 Å². The Bertz CT molecular complexity index is 417. The van der Waals surface area contributed by atoms with Gasteiger partial charge in [-0.05, 0) is 19.4 Å². The number of rotatable bonds is 4. The summed E-state index contributed by atoms with van der Waals surface area (Å²) in [6, 6.07) is 10.1. The summed E-state index contributed by atoms with van der Waals surface area (Å²) in [5, 5.41) is 8.70. The maximum atomic E-state index is 11.9. The molecule has 1 aromatic carbocycles. The Balaban J connectivity index is 2.54. The van der Waals surface area contributed by atoms with Gasteiger partial charge in [0.25, 0.3) is 0 Å². The Morgan fingerprint density at radius 1 is 1.41 bits per heavy atom. The van der Waals surface area contributed by atoms with Gasteiger partial charge in [-0.25, -0.2) is 0 Å². The summed E-state index contributed by atoms with van der Waals surface area (Å²) in [5.74, 6) is -0.0714. The largest absolute Gasteiger partial charge is 0.344 e. The first-order valence-electron chi connectivity index (χ1n) is 5.72. The summed E-state index contributed by atoms with van der Waals surface area (Å²) in [6.45, 7) is 4.32. The van der Waals surface area contributed by atoms with Crippen molar-refractivity contribution >= 4 is 5.91 Å². The van der Waals surface area contributed by atoms with E-state index in [1.807, 2.05) is 38.1 Å². The van der Waals surface area contributed by atoms with Crippen LogP contribution in [-0.4, -0.2) is 24.4 Å². The van der Waals surface area contributed by atoms with Crippen molar-refractivity contribution in [3.8, 4) is 6.07 Å². The Hall–Kier alpha value is -1.82. The molecule has 0 heterocycles. The molecular weight excluding hydrogens is 212 g/mol. The normalized spacial score (nSPS) is 11.6. The van der Waals surface area contributed by atoms with Gasteiger partial charge in [-0.15, -0.1) is 0 Å². The number of hydrogen-bond acceptors (Lipinski definition) is 2. The Morgan fingerprint density at radius 3 is 2.53 bits per heavy atom. The smallest absolute Gasteiger partial charge is 0.226 e. The molecule has 0 aliphatic carbocycles. The van der Waals surface area contributed by atoms with Gasteiger partial charge in [0.05, 0.1) is 18.4 Å². The molecule has 0 bridgehead atoms. The highest BCUT2D eigenvalue weighted by Gasteiger charge is 2.12. The van der Waals surface area contributed by atoms with Gasteiger partial charge in [0, 0.05) is 13.6 Å². The molecule has 1 unspecified atom stereocenters. The maximum Gasteiger partial charge on any atom is 0.226 e. The quantitative estimate of drug-likeness (QED) is 0.795. The van der Waals surface area contributed by atoms with E-state index in [9.17, 15) is 4.79 Å². The van der Waals surface area contributed by atoms with Gasteiger partial charge in [0.15, 0.2) is 0 Å². The second-order valence-corrected chi connectivity index (χ2v) is 4.47. The van der Waals surface area contributed by atoms with Crippen LogP contribution in [0.25, 0.3) is 0 Å². The lowest BCUT2D eigenvalue weighted by atomic mass is 10.1. The predicted octanol–water partition coefficient (Wildman–Crippen LogP) is 2.16. The number of hydrogen-bond donors (Lipinski definition) is 0. The Kier molecular flexibility index (Phi) is 4.71. The number of likely N-dealkylation sites (N-methyl/N-ethyl adjacent to an activating group) is 1. The van der Waals surface area contributed by atoms with Gasteiger partial charge >= 0.3 is 0 Å². The molecule has 3 nitrogen and oxygen atoms in total. The van der Waals surface area contributed by atoms with Gasteiger partial charge in [0.2, 0.25) is 5.91 Å². The molecule has 0 aliphatic rings. The van der Waals surface area contributed by atoms with Crippen molar-refractivity contribution in [1.82, 2.24) is 4.90 Å². The number of aryl methyl sites for hydroxylation is 1. The highest BCUT2D eigenvalue weighted by Crippen LogP contribution is 2.06. The zero-order valence-electron chi connectivity index (χ0n) is 10.6. The van der Waals surface area contributed by atoms with E-state index in [1.165, 1.54) is 5.56 Å². The summed E-state index contributed by atoms with van der Waals surface area (Å²) in [4.78, 5) is 13.5. The molecule has 0 aromatic heterocycles. The third-order valence-electron chi connectivity index (χ3n) is 2.67. The fourth-order valence-corrected chi connectivity index (χ4v) is 1.57. The molecule has 0 fully saturated rings. The van der Waals surface area contributed by atoms with Crippen molar-refractivity contribution in [2.45, 2.75) is 20.3 Å². The first-order chi connectivity index (χ1) is 8.02. The predicted molar refractivity (Wildman–Crippen MR) is 67.3 cm³/mol. The fourth-order valence-electron chi connectivity index (χ4n) is 1.57. The van der Waals surface area contributed by atoms with Gasteiger partial charge in [0.1, 0.15) is 0 Å². The SMILES string of the molecule is Cc1ccc(CC(=O)N(C)CC(C)C#N)cc1. The van der Waals surface area contributed by atoms with E-state index < -0.39 is 0 Å². The van der Waals surface area contributed by atoms with Gasteiger partial charge in [-0.3, -0.25) is 4.79 Å². The van der Waals surface area contributed by atoms with Crippen LogP contribution in [0, 0.1) is 24.2 Å².